The van der Waals surface area contributed by atoms with E-state index in [1.807, 2.05) is 0 Å². The molecule has 0 heterocycles. The van der Waals surface area contributed by atoms with Crippen LogP contribution in [-0.4, -0.2) is 19.1 Å². The van der Waals surface area contributed by atoms with Crippen LogP contribution in [0.15, 0.2) is 0 Å². The zero-order valence-electron chi connectivity index (χ0n) is 22.3. The van der Waals surface area contributed by atoms with Gasteiger partial charge in [0.05, 0.1) is 0 Å². The van der Waals surface area contributed by atoms with E-state index >= 15 is 0 Å². The highest BCUT2D eigenvalue weighted by Crippen LogP contribution is 2.13. The number of hydrogen-bond acceptors (Lipinski definition) is 1. The summed E-state index contributed by atoms with van der Waals surface area (Å²) in [5, 5.41) is 6.01. The Morgan fingerprint density at radius 3 is 0.844 bits per heavy atom. The molecule has 0 saturated heterocycles. The smallest absolute Gasteiger partial charge is 0.314 e. The maximum atomic E-state index is 11.8. The van der Waals surface area contributed by atoms with Crippen molar-refractivity contribution in [2.24, 2.45) is 0 Å². The van der Waals surface area contributed by atoms with Gasteiger partial charge in [0.2, 0.25) is 0 Å². The number of carbonyl (C=O) groups excluding carboxylic acids is 1. The van der Waals surface area contributed by atoms with Gasteiger partial charge >= 0.3 is 6.03 Å². The van der Waals surface area contributed by atoms with E-state index in [1.54, 1.807) is 0 Å². The Kier molecular flexibility index (Phi) is 27.7. The highest BCUT2D eigenvalue weighted by atomic mass is 16.2. The highest BCUT2D eigenvalue weighted by molar-refractivity contribution is 5.73. The van der Waals surface area contributed by atoms with E-state index in [0.717, 1.165) is 25.9 Å². The average Bonchev–Trinajstić information content (AvgIpc) is 2.80. The molecule has 32 heavy (non-hydrogen) atoms. The lowest BCUT2D eigenvalue weighted by atomic mass is 10.0. The van der Waals surface area contributed by atoms with Crippen molar-refractivity contribution in [3.8, 4) is 0 Å². The minimum atomic E-state index is 0.0221. The summed E-state index contributed by atoms with van der Waals surface area (Å²) in [5.74, 6) is 0. The van der Waals surface area contributed by atoms with Gasteiger partial charge in [-0.05, 0) is 12.8 Å². The van der Waals surface area contributed by atoms with Crippen molar-refractivity contribution < 1.29 is 4.79 Å². The molecule has 0 aliphatic rings. The molecule has 0 unspecified atom stereocenters. The summed E-state index contributed by atoms with van der Waals surface area (Å²) in [6, 6.07) is 0.0221. The van der Waals surface area contributed by atoms with Gasteiger partial charge in [-0.2, -0.15) is 0 Å². The molecule has 192 valence electrons. The quantitative estimate of drug-likeness (QED) is 0.126. The van der Waals surface area contributed by atoms with E-state index in [9.17, 15) is 4.79 Å². The fourth-order valence-electron chi connectivity index (χ4n) is 4.40. The Bertz CT molecular complexity index is 359. The van der Waals surface area contributed by atoms with Crippen LogP contribution in [0.5, 0.6) is 0 Å². The summed E-state index contributed by atoms with van der Waals surface area (Å²) in [6.45, 7) is 6.19. The topological polar surface area (TPSA) is 41.1 Å². The molecule has 3 heteroatoms. The van der Waals surface area contributed by atoms with E-state index in [4.69, 9.17) is 0 Å². The van der Waals surface area contributed by atoms with E-state index < -0.39 is 0 Å². The second-order valence-electron chi connectivity index (χ2n) is 9.96. The highest BCUT2D eigenvalue weighted by Gasteiger charge is 1.99. The van der Waals surface area contributed by atoms with Crippen molar-refractivity contribution in [1.82, 2.24) is 10.6 Å². The number of nitrogens with one attached hydrogen (secondary N) is 2. The molecule has 0 rings (SSSR count). The number of urea groups is 1. The van der Waals surface area contributed by atoms with Crippen LogP contribution in [0.2, 0.25) is 0 Å². The molecule has 3 nitrogen and oxygen atoms in total. The van der Waals surface area contributed by atoms with Crippen LogP contribution in [0.25, 0.3) is 0 Å². The first-order valence-corrected chi connectivity index (χ1v) is 14.8. The van der Waals surface area contributed by atoms with Gasteiger partial charge in [-0.15, -0.1) is 0 Å². The number of rotatable bonds is 26. The van der Waals surface area contributed by atoms with Crippen LogP contribution >= 0.6 is 0 Å². The molecule has 0 aromatic rings. The third-order valence-electron chi connectivity index (χ3n) is 6.63. The summed E-state index contributed by atoms with van der Waals surface area (Å²) in [5.41, 5.74) is 0. The maximum Gasteiger partial charge on any atom is 0.314 e. The molecule has 0 aliphatic carbocycles. The molecule has 0 aromatic heterocycles. The summed E-state index contributed by atoms with van der Waals surface area (Å²) in [6.07, 6.45) is 32.7. The average molecular weight is 453 g/mol. The minimum Gasteiger partial charge on any atom is -0.338 e. The summed E-state index contributed by atoms with van der Waals surface area (Å²) in [7, 11) is 0. The van der Waals surface area contributed by atoms with Crippen molar-refractivity contribution in [2.75, 3.05) is 13.1 Å². The lowest BCUT2D eigenvalue weighted by Crippen LogP contribution is -2.36. The van der Waals surface area contributed by atoms with Crippen molar-refractivity contribution in [2.45, 2.75) is 168 Å². The molecule has 0 aliphatic heterocycles. The summed E-state index contributed by atoms with van der Waals surface area (Å²) < 4.78 is 0. The van der Waals surface area contributed by atoms with E-state index in [1.165, 1.54) is 141 Å². The Hall–Kier alpha value is -0.730. The lowest BCUT2D eigenvalue weighted by Gasteiger charge is -2.08. The zero-order chi connectivity index (χ0) is 23.4. The molecule has 0 radical (unpaired) electrons. The third-order valence-corrected chi connectivity index (χ3v) is 6.63. The Balaban J connectivity index is 3.12. The van der Waals surface area contributed by atoms with Gasteiger partial charge in [-0.3, -0.25) is 0 Å². The Morgan fingerprint density at radius 1 is 0.375 bits per heavy atom. The monoisotopic (exact) mass is 452 g/mol. The van der Waals surface area contributed by atoms with Gasteiger partial charge in [-0.25, -0.2) is 4.79 Å². The number of unbranched alkanes of at least 4 members (excludes halogenated alkanes) is 22. The van der Waals surface area contributed by atoms with Crippen molar-refractivity contribution in [3.05, 3.63) is 0 Å². The Labute approximate surface area is 202 Å². The fraction of sp³-hybridized carbons (Fsp3) is 0.966. The normalized spacial score (nSPS) is 11.1. The van der Waals surface area contributed by atoms with Crippen molar-refractivity contribution in [1.29, 1.82) is 0 Å². The van der Waals surface area contributed by atoms with Gasteiger partial charge in [0.1, 0.15) is 0 Å². The number of amides is 2. The first-order chi connectivity index (χ1) is 15.8. The van der Waals surface area contributed by atoms with Crippen LogP contribution < -0.4 is 10.6 Å². The first kappa shape index (κ1) is 31.3. The van der Waals surface area contributed by atoms with Gasteiger partial charge in [-0.1, -0.05) is 155 Å². The van der Waals surface area contributed by atoms with E-state index in [0.29, 0.717) is 0 Å². The molecular formula is C29H60N2O. The SMILES string of the molecule is CCCCCCCCCCCCCCCCCCNC(=O)NCCCCCCCCCC. The lowest BCUT2D eigenvalue weighted by molar-refractivity contribution is 0.240. The predicted octanol–water partition coefficient (Wildman–Crippen LogP) is 9.69. The van der Waals surface area contributed by atoms with Crippen LogP contribution in [-0.2, 0) is 0 Å². The largest absolute Gasteiger partial charge is 0.338 e. The van der Waals surface area contributed by atoms with Crippen LogP contribution in [0, 0.1) is 0 Å². The predicted molar refractivity (Wildman–Crippen MR) is 144 cm³/mol. The molecule has 2 N–H and O–H groups in total. The van der Waals surface area contributed by atoms with Gasteiger partial charge < -0.3 is 10.6 Å². The van der Waals surface area contributed by atoms with Gasteiger partial charge in [0.15, 0.2) is 0 Å². The standard InChI is InChI=1S/C29H60N2O/c1-3-5-7-9-11-13-14-15-16-17-18-19-20-22-24-26-28-31-29(32)30-27-25-23-21-12-10-8-6-4-2/h3-28H2,1-2H3,(H2,30,31,32). The van der Waals surface area contributed by atoms with Gasteiger partial charge in [0.25, 0.3) is 0 Å². The van der Waals surface area contributed by atoms with Gasteiger partial charge in [0, 0.05) is 13.1 Å². The molecule has 0 aromatic carbocycles. The molecule has 2 amide bonds. The second-order valence-corrected chi connectivity index (χ2v) is 9.96. The first-order valence-electron chi connectivity index (χ1n) is 14.8. The molecule has 0 atom stereocenters. The van der Waals surface area contributed by atoms with E-state index in [-0.39, 0.29) is 6.03 Å². The molecule has 0 spiro atoms. The molecule has 0 saturated carbocycles. The van der Waals surface area contributed by atoms with Crippen molar-refractivity contribution in [3.63, 3.8) is 0 Å². The number of carbonyl (C=O) groups is 1. The zero-order valence-corrected chi connectivity index (χ0v) is 22.3. The van der Waals surface area contributed by atoms with E-state index in [2.05, 4.69) is 24.5 Å². The second kappa shape index (κ2) is 28.3. The molecular weight excluding hydrogens is 392 g/mol. The maximum absolute atomic E-state index is 11.8. The third kappa shape index (κ3) is 27.3. The Morgan fingerprint density at radius 2 is 0.594 bits per heavy atom. The molecule has 0 bridgehead atoms. The van der Waals surface area contributed by atoms with Crippen molar-refractivity contribution >= 4 is 6.03 Å². The van der Waals surface area contributed by atoms with Crippen LogP contribution in [0.3, 0.4) is 0 Å². The minimum absolute atomic E-state index is 0.0221. The van der Waals surface area contributed by atoms with Crippen LogP contribution in [0.1, 0.15) is 168 Å². The van der Waals surface area contributed by atoms with Crippen LogP contribution in [0.4, 0.5) is 4.79 Å². The summed E-state index contributed by atoms with van der Waals surface area (Å²) >= 11 is 0. The number of hydrogen-bond donors (Lipinski definition) is 2. The summed E-state index contributed by atoms with van der Waals surface area (Å²) in [4.78, 5) is 11.8. The molecule has 0 fully saturated rings. The fourth-order valence-corrected chi connectivity index (χ4v) is 4.40.